The Morgan fingerprint density at radius 1 is 0.833 bits per heavy atom. The first-order valence-electron chi connectivity index (χ1n) is 11.0. The van der Waals surface area contributed by atoms with Crippen LogP contribution in [-0.4, -0.2) is 36.2 Å². The van der Waals surface area contributed by atoms with Gasteiger partial charge in [0.25, 0.3) is 0 Å². The Balaban J connectivity index is 4.52. The van der Waals surface area contributed by atoms with Gasteiger partial charge in [0, 0.05) is 6.42 Å². The van der Waals surface area contributed by atoms with Crippen molar-refractivity contribution in [2.75, 3.05) is 13.2 Å². The number of rotatable bonds is 14. The maximum atomic E-state index is 12.5. The summed E-state index contributed by atoms with van der Waals surface area (Å²) in [7, 11) is 0. The van der Waals surface area contributed by atoms with Gasteiger partial charge in [0.1, 0.15) is 0 Å². The van der Waals surface area contributed by atoms with Crippen molar-refractivity contribution in [3.63, 3.8) is 0 Å². The Hall–Kier alpha value is -1.85. The van der Waals surface area contributed by atoms with Crippen molar-refractivity contribution in [1.82, 2.24) is 0 Å². The fourth-order valence-electron chi connectivity index (χ4n) is 2.50. The van der Waals surface area contributed by atoms with Crippen LogP contribution >= 0.6 is 0 Å². The Kier molecular flexibility index (Phi) is 13.3. The smallest absolute Gasteiger partial charge is 0.309 e. The first-order valence-corrected chi connectivity index (χ1v) is 11.0. The summed E-state index contributed by atoms with van der Waals surface area (Å²) in [5.74, 6) is -2.04. The van der Waals surface area contributed by atoms with Gasteiger partial charge in [-0.2, -0.15) is 0 Å². The maximum Gasteiger partial charge on any atom is 0.309 e. The lowest BCUT2D eigenvalue weighted by Gasteiger charge is -2.21. The van der Waals surface area contributed by atoms with Crippen molar-refractivity contribution in [1.29, 1.82) is 0 Å². The molecule has 0 saturated heterocycles. The molecule has 0 spiro atoms. The molecule has 0 aliphatic heterocycles. The van der Waals surface area contributed by atoms with Gasteiger partial charge in [0.05, 0.1) is 25.6 Å². The standard InChI is InChI=1S/C24H42O6/c1-23(2,3)17-29-21(27)16-19(22(28)30-18-24(4,5)6)14-12-10-8-7-9-11-13-15-20(25)26/h10,12,19H,7-9,11,13-18H2,1-6H3,(H,25,26)/b12-10+. The minimum Gasteiger partial charge on any atom is -0.481 e. The molecule has 0 rings (SSSR count). The number of allylic oxidation sites excluding steroid dienone is 2. The van der Waals surface area contributed by atoms with Crippen LogP contribution in [0.2, 0.25) is 0 Å². The Bertz CT molecular complexity index is 551. The third-order valence-corrected chi connectivity index (χ3v) is 4.16. The van der Waals surface area contributed by atoms with E-state index in [1.165, 1.54) is 0 Å². The van der Waals surface area contributed by atoms with Gasteiger partial charge < -0.3 is 14.6 Å². The number of carboxylic acids is 1. The third kappa shape index (κ3) is 18.2. The number of hydrogen-bond acceptors (Lipinski definition) is 5. The molecule has 6 nitrogen and oxygen atoms in total. The Labute approximate surface area is 182 Å². The van der Waals surface area contributed by atoms with Crippen LogP contribution in [0.3, 0.4) is 0 Å². The summed E-state index contributed by atoms with van der Waals surface area (Å²) in [4.78, 5) is 35.2. The molecule has 6 heteroatoms. The molecule has 0 aliphatic rings. The second kappa shape index (κ2) is 14.2. The van der Waals surface area contributed by atoms with Crippen LogP contribution < -0.4 is 0 Å². The summed E-state index contributed by atoms with van der Waals surface area (Å²) in [6.45, 7) is 12.5. The number of esters is 2. The molecular formula is C24H42O6. The van der Waals surface area contributed by atoms with E-state index in [2.05, 4.69) is 0 Å². The molecule has 0 fully saturated rings. The molecule has 0 saturated carbocycles. The van der Waals surface area contributed by atoms with Crippen LogP contribution in [0.25, 0.3) is 0 Å². The first-order chi connectivity index (χ1) is 13.8. The number of aliphatic carboxylic acids is 1. The van der Waals surface area contributed by atoms with Crippen molar-refractivity contribution in [2.24, 2.45) is 16.7 Å². The summed E-state index contributed by atoms with van der Waals surface area (Å²) in [5, 5.41) is 8.62. The number of carbonyl (C=O) groups is 3. The average molecular weight is 427 g/mol. The summed E-state index contributed by atoms with van der Waals surface area (Å²) < 4.78 is 10.7. The van der Waals surface area contributed by atoms with E-state index < -0.39 is 11.9 Å². The van der Waals surface area contributed by atoms with Crippen LogP contribution in [0.4, 0.5) is 0 Å². The molecule has 0 aromatic heterocycles. The monoisotopic (exact) mass is 426 g/mol. The van der Waals surface area contributed by atoms with Crippen LogP contribution in [-0.2, 0) is 23.9 Å². The zero-order chi connectivity index (χ0) is 23.2. The minimum atomic E-state index is -0.750. The van der Waals surface area contributed by atoms with Gasteiger partial charge in [0.2, 0.25) is 0 Å². The van der Waals surface area contributed by atoms with Crippen LogP contribution in [0, 0.1) is 16.7 Å². The second-order valence-electron chi connectivity index (χ2n) is 10.3. The van der Waals surface area contributed by atoms with E-state index in [0.717, 1.165) is 25.7 Å². The average Bonchev–Trinajstić information content (AvgIpc) is 2.60. The lowest BCUT2D eigenvalue weighted by molar-refractivity contribution is -0.157. The van der Waals surface area contributed by atoms with E-state index in [4.69, 9.17) is 14.6 Å². The summed E-state index contributed by atoms with van der Waals surface area (Å²) in [6, 6.07) is 0. The SMILES string of the molecule is CC(C)(C)COC(=O)CC(C/C=C/CCCCCCC(=O)O)C(=O)OCC(C)(C)C. The van der Waals surface area contributed by atoms with E-state index in [0.29, 0.717) is 26.1 Å². The first kappa shape index (κ1) is 28.1. The summed E-state index contributed by atoms with van der Waals surface area (Å²) in [6.07, 6.45) is 9.05. The Morgan fingerprint density at radius 2 is 1.40 bits per heavy atom. The van der Waals surface area contributed by atoms with E-state index >= 15 is 0 Å². The topological polar surface area (TPSA) is 89.9 Å². The second-order valence-corrected chi connectivity index (χ2v) is 10.3. The number of ether oxygens (including phenoxy) is 2. The highest BCUT2D eigenvalue weighted by Crippen LogP contribution is 2.19. The molecule has 0 radical (unpaired) electrons. The molecule has 0 heterocycles. The minimum absolute atomic E-state index is 0.0125. The number of unbranched alkanes of at least 4 members (excludes halogenated alkanes) is 4. The van der Waals surface area contributed by atoms with E-state index in [1.54, 1.807) is 0 Å². The van der Waals surface area contributed by atoms with Gasteiger partial charge in [-0.1, -0.05) is 66.5 Å². The lowest BCUT2D eigenvalue weighted by Crippen LogP contribution is -2.27. The Morgan fingerprint density at radius 3 is 1.97 bits per heavy atom. The molecule has 0 aliphatic carbocycles. The summed E-state index contributed by atoms with van der Waals surface area (Å²) in [5.41, 5.74) is -0.258. The predicted molar refractivity (Wildman–Crippen MR) is 118 cm³/mol. The van der Waals surface area contributed by atoms with Gasteiger partial charge in [-0.15, -0.1) is 0 Å². The molecule has 1 N–H and O–H groups in total. The quantitative estimate of drug-likeness (QED) is 0.223. The van der Waals surface area contributed by atoms with Gasteiger partial charge >= 0.3 is 17.9 Å². The van der Waals surface area contributed by atoms with Crippen molar-refractivity contribution in [3.8, 4) is 0 Å². The fourth-order valence-corrected chi connectivity index (χ4v) is 2.50. The zero-order valence-corrected chi connectivity index (χ0v) is 19.8. The molecule has 0 amide bonds. The van der Waals surface area contributed by atoms with E-state index in [-0.39, 0.29) is 35.6 Å². The van der Waals surface area contributed by atoms with Gasteiger partial charge in [0.15, 0.2) is 0 Å². The fraction of sp³-hybridized carbons (Fsp3) is 0.792. The van der Waals surface area contributed by atoms with Crippen molar-refractivity contribution < 1.29 is 29.0 Å². The van der Waals surface area contributed by atoms with Gasteiger partial charge in [-0.05, 0) is 36.5 Å². The van der Waals surface area contributed by atoms with Gasteiger partial charge in [-0.3, -0.25) is 14.4 Å². The van der Waals surface area contributed by atoms with Crippen LogP contribution in [0.1, 0.15) is 92.9 Å². The van der Waals surface area contributed by atoms with Gasteiger partial charge in [-0.25, -0.2) is 0 Å². The molecule has 30 heavy (non-hydrogen) atoms. The van der Waals surface area contributed by atoms with Crippen molar-refractivity contribution in [2.45, 2.75) is 92.9 Å². The van der Waals surface area contributed by atoms with E-state index in [9.17, 15) is 14.4 Å². The molecule has 0 aromatic rings. The highest BCUT2D eigenvalue weighted by atomic mass is 16.5. The highest BCUT2D eigenvalue weighted by molar-refractivity contribution is 5.80. The van der Waals surface area contributed by atoms with Crippen molar-refractivity contribution >= 4 is 17.9 Å². The third-order valence-electron chi connectivity index (χ3n) is 4.16. The number of carboxylic acid groups (broad SMARTS) is 1. The largest absolute Gasteiger partial charge is 0.481 e. The van der Waals surface area contributed by atoms with Crippen LogP contribution in [0.5, 0.6) is 0 Å². The van der Waals surface area contributed by atoms with E-state index in [1.807, 2.05) is 53.7 Å². The molecule has 0 bridgehead atoms. The summed E-state index contributed by atoms with van der Waals surface area (Å²) >= 11 is 0. The molecule has 0 aromatic carbocycles. The molecule has 174 valence electrons. The maximum absolute atomic E-state index is 12.5. The highest BCUT2D eigenvalue weighted by Gasteiger charge is 2.25. The number of hydrogen-bond donors (Lipinski definition) is 1. The normalized spacial score (nSPS) is 13.3. The molecule has 1 atom stereocenters. The lowest BCUT2D eigenvalue weighted by atomic mass is 9.97. The molecular weight excluding hydrogens is 384 g/mol. The number of carbonyl (C=O) groups excluding carboxylic acids is 2. The van der Waals surface area contributed by atoms with Crippen molar-refractivity contribution in [3.05, 3.63) is 12.2 Å². The van der Waals surface area contributed by atoms with Crippen LogP contribution in [0.15, 0.2) is 12.2 Å². The molecule has 1 unspecified atom stereocenters. The predicted octanol–water partition coefficient (Wildman–Crippen LogP) is 5.54. The zero-order valence-electron chi connectivity index (χ0n) is 19.8.